The molecule has 4 heteroatoms. The number of nitrogens with one attached hydrogen (secondary N) is 2. The number of amides is 2. The largest absolute Gasteiger partial charge is 0.359 e. The van der Waals surface area contributed by atoms with Crippen LogP contribution >= 0.6 is 0 Å². The van der Waals surface area contributed by atoms with Crippen LogP contribution in [0.4, 0.5) is 0 Å². The molecular weight excluding hydrogens is 228 g/mol. The molecule has 1 aromatic carbocycles. The van der Waals surface area contributed by atoms with Crippen molar-refractivity contribution in [1.82, 2.24) is 10.6 Å². The Hall–Kier alpha value is -1.84. The van der Waals surface area contributed by atoms with Crippen LogP contribution in [0.5, 0.6) is 0 Å². The molecule has 0 aromatic heterocycles. The van der Waals surface area contributed by atoms with Gasteiger partial charge in [-0.1, -0.05) is 30.3 Å². The molecule has 0 aliphatic heterocycles. The minimum absolute atomic E-state index is 0.0178. The van der Waals surface area contributed by atoms with E-state index in [1.807, 2.05) is 30.3 Å². The number of benzene rings is 1. The predicted octanol–water partition coefficient (Wildman–Crippen LogP) is 1.12. The minimum Gasteiger partial charge on any atom is -0.359 e. The lowest BCUT2D eigenvalue weighted by Gasteiger charge is -2.15. The molecule has 0 aliphatic rings. The molecule has 0 heterocycles. The molecule has 0 aliphatic carbocycles. The van der Waals surface area contributed by atoms with Crippen molar-refractivity contribution in [2.75, 3.05) is 13.6 Å². The van der Waals surface area contributed by atoms with Gasteiger partial charge in [-0.2, -0.15) is 0 Å². The first kappa shape index (κ1) is 14.2. The van der Waals surface area contributed by atoms with Gasteiger partial charge in [0.15, 0.2) is 0 Å². The molecule has 0 bridgehead atoms. The van der Waals surface area contributed by atoms with Crippen molar-refractivity contribution in [3.05, 3.63) is 35.9 Å². The number of hydrogen-bond acceptors (Lipinski definition) is 2. The fourth-order valence-corrected chi connectivity index (χ4v) is 1.85. The van der Waals surface area contributed by atoms with Gasteiger partial charge in [-0.3, -0.25) is 9.59 Å². The number of rotatable bonds is 6. The highest BCUT2D eigenvalue weighted by Gasteiger charge is 2.17. The van der Waals surface area contributed by atoms with Gasteiger partial charge < -0.3 is 10.6 Å². The molecule has 2 N–H and O–H groups in total. The Labute approximate surface area is 108 Å². The first-order chi connectivity index (χ1) is 8.63. The normalized spacial score (nSPS) is 11.7. The third-order valence-corrected chi connectivity index (χ3v) is 2.81. The van der Waals surface area contributed by atoms with E-state index in [0.717, 1.165) is 5.56 Å². The monoisotopic (exact) mass is 248 g/mol. The van der Waals surface area contributed by atoms with Crippen molar-refractivity contribution in [2.24, 2.45) is 5.92 Å². The highest BCUT2D eigenvalue weighted by molar-refractivity contribution is 5.78. The van der Waals surface area contributed by atoms with E-state index in [9.17, 15) is 9.59 Å². The molecule has 98 valence electrons. The third-order valence-electron chi connectivity index (χ3n) is 2.81. The van der Waals surface area contributed by atoms with E-state index >= 15 is 0 Å². The first-order valence-electron chi connectivity index (χ1n) is 6.13. The van der Waals surface area contributed by atoms with E-state index in [-0.39, 0.29) is 17.7 Å². The van der Waals surface area contributed by atoms with Crippen LogP contribution in [-0.4, -0.2) is 25.4 Å². The molecule has 0 saturated carbocycles. The summed E-state index contributed by atoms with van der Waals surface area (Å²) in [5.74, 6) is -0.154. The molecule has 0 spiro atoms. The molecule has 2 amide bonds. The summed E-state index contributed by atoms with van der Waals surface area (Å²) in [7, 11) is 1.64. The molecule has 18 heavy (non-hydrogen) atoms. The molecule has 0 radical (unpaired) electrons. The Morgan fingerprint density at radius 1 is 1.22 bits per heavy atom. The van der Waals surface area contributed by atoms with E-state index < -0.39 is 0 Å². The van der Waals surface area contributed by atoms with Crippen LogP contribution in [0, 0.1) is 5.92 Å². The third kappa shape index (κ3) is 4.99. The zero-order chi connectivity index (χ0) is 13.4. The summed E-state index contributed by atoms with van der Waals surface area (Å²) in [6.45, 7) is 2.01. The van der Waals surface area contributed by atoms with E-state index in [1.165, 1.54) is 6.92 Å². The predicted molar refractivity (Wildman–Crippen MR) is 71.0 cm³/mol. The molecule has 4 nitrogen and oxygen atoms in total. The van der Waals surface area contributed by atoms with Crippen molar-refractivity contribution in [2.45, 2.75) is 19.8 Å². The quantitative estimate of drug-likeness (QED) is 0.792. The number of hydrogen-bond donors (Lipinski definition) is 2. The first-order valence-corrected chi connectivity index (χ1v) is 6.13. The van der Waals surface area contributed by atoms with Crippen molar-refractivity contribution >= 4 is 11.8 Å². The lowest BCUT2D eigenvalue weighted by atomic mass is 9.95. The summed E-state index contributed by atoms with van der Waals surface area (Å²) < 4.78 is 0. The van der Waals surface area contributed by atoms with E-state index in [4.69, 9.17) is 0 Å². The van der Waals surface area contributed by atoms with Crippen LogP contribution in [0.1, 0.15) is 18.9 Å². The van der Waals surface area contributed by atoms with Crippen molar-refractivity contribution in [3.63, 3.8) is 0 Å². The fourth-order valence-electron chi connectivity index (χ4n) is 1.85. The van der Waals surface area contributed by atoms with Crippen molar-refractivity contribution < 1.29 is 9.59 Å². The highest BCUT2D eigenvalue weighted by atomic mass is 16.2. The van der Waals surface area contributed by atoms with Gasteiger partial charge in [0.2, 0.25) is 11.8 Å². The van der Waals surface area contributed by atoms with E-state index in [0.29, 0.717) is 19.4 Å². The Morgan fingerprint density at radius 2 is 1.89 bits per heavy atom. The average Bonchev–Trinajstić information content (AvgIpc) is 2.37. The molecule has 1 aromatic rings. The maximum absolute atomic E-state index is 11.8. The fraction of sp³-hybridized carbons (Fsp3) is 0.429. The van der Waals surface area contributed by atoms with E-state index in [1.54, 1.807) is 7.05 Å². The molecule has 0 fully saturated rings. The topological polar surface area (TPSA) is 58.2 Å². The second kappa shape index (κ2) is 7.48. The average molecular weight is 248 g/mol. The minimum atomic E-state index is -0.107. The summed E-state index contributed by atoms with van der Waals surface area (Å²) in [6, 6.07) is 9.90. The van der Waals surface area contributed by atoms with Gasteiger partial charge in [0, 0.05) is 26.4 Å². The van der Waals surface area contributed by atoms with Gasteiger partial charge in [0.25, 0.3) is 0 Å². The number of carbonyl (C=O) groups is 2. The maximum atomic E-state index is 11.8. The van der Waals surface area contributed by atoms with Crippen LogP contribution in [0.25, 0.3) is 0 Å². The van der Waals surface area contributed by atoms with Crippen molar-refractivity contribution in [1.29, 1.82) is 0 Å². The molecule has 1 atom stereocenters. The summed E-state index contributed by atoms with van der Waals surface area (Å²) in [5.41, 5.74) is 1.13. The molecular formula is C14H20N2O2. The zero-order valence-corrected chi connectivity index (χ0v) is 10.9. The zero-order valence-electron chi connectivity index (χ0n) is 10.9. The lowest BCUT2D eigenvalue weighted by Crippen LogP contribution is -2.32. The molecule has 1 rings (SSSR count). The smallest absolute Gasteiger partial charge is 0.223 e. The maximum Gasteiger partial charge on any atom is 0.223 e. The van der Waals surface area contributed by atoms with Gasteiger partial charge >= 0.3 is 0 Å². The Bertz CT molecular complexity index is 390. The second-order valence-electron chi connectivity index (χ2n) is 4.27. The van der Waals surface area contributed by atoms with Gasteiger partial charge in [-0.25, -0.2) is 0 Å². The molecule has 0 saturated heterocycles. The van der Waals surface area contributed by atoms with Crippen LogP contribution in [-0.2, 0) is 16.0 Å². The Morgan fingerprint density at radius 3 is 2.44 bits per heavy atom. The summed E-state index contributed by atoms with van der Waals surface area (Å²) in [5, 5.41) is 5.39. The van der Waals surface area contributed by atoms with Crippen LogP contribution in [0.15, 0.2) is 30.3 Å². The summed E-state index contributed by atoms with van der Waals surface area (Å²) >= 11 is 0. The van der Waals surface area contributed by atoms with E-state index in [2.05, 4.69) is 10.6 Å². The Balaban J connectivity index is 2.56. The molecule has 0 unspecified atom stereocenters. The van der Waals surface area contributed by atoms with Crippen molar-refractivity contribution in [3.8, 4) is 0 Å². The standard InChI is InChI=1S/C14H20N2O2/c1-11(17)16-9-8-13(14(18)15-2)10-12-6-4-3-5-7-12/h3-7,13H,8-10H2,1-2H3,(H,15,18)(H,16,17)/t13-/m1/s1. The Kier molecular flexibility index (Phi) is 5.91. The highest BCUT2D eigenvalue weighted by Crippen LogP contribution is 2.12. The van der Waals surface area contributed by atoms with Gasteiger partial charge in [0.1, 0.15) is 0 Å². The van der Waals surface area contributed by atoms with Gasteiger partial charge in [-0.05, 0) is 18.4 Å². The lowest BCUT2D eigenvalue weighted by molar-refractivity contribution is -0.125. The van der Waals surface area contributed by atoms with Gasteiger partial charge in [-0.15, -0.1) is 0 Å². The van der Waals surface area contributed by atoms with Crippen LogP contribution in [0.3, 0.4) is 0 Å². The summed E-state index contributed by atoms with van der Waals surface area (Å²) in [6.07, 6.45) is 1.34. The second-order valence-corrected chi connectivity index (χ2v) is 4.27. The van der Waals surface area contributed by atoms with Crippen LogP contribution < -0.4 is 10.6 Å². The van der Waals surface area contributed by atoms with Gasteiger partial charge in [0.05, 0.1) is 0 Å². The van der Waals surface area contributed by atoms with Crippen LogP contribution in [0.2, 0.25) is 0 Å². The number of carbonyl (C=O) groups excluding carboxylic acids is 2. The SMILES string of the molecule is CNC(=O)[C@H](CCNC(C)=O)Cc1ccccc1. The summed E-state index contributed by atoms with van der Waals surface area (Å²) in [4.78, 5) is 22.6.